The molecule has 0 saturated carbocycles. The van der Waals surface area contributed by atoms with Crippen molar-refractivity contribution in [1.29, 1.82) is 0 Å². The third-order valence-corrected chi connectivity index (χ3v) is 3.78. The molecule has 1 atom stereocenters. The van der Waals surface area contributed by atoms with Gasteiger partial charge in [0.05, 0.1) is 12.3 Å². The molecule has 0 saturated heterocycles. The smallest absolute Gasteiger partial charge is 0.220 e. The second kappa shape index (κ2) is 7.63. The van der Waals surface area contributed by atoms with Crippen LogP contribution < -0.4 is 5.32 Å². The highest BCUT2D eigenvalue weighted by atomic mass is 35.5. The molecule has 1 aromatic heterocycles. The number of rotatable bonds is 6. The van der Waals surface area contributed by atoms with Gasteiger partial charge in [-0.2, -0.15) is 5.10 Å². The second-order valence-corrected chi connectivity index (χ2v) is 5.85. The molecule has 0 aliphatic heterocycles. The third-order valence-electron chi connectivity index (χ3n) is 3.21. The Hall–Kier alpha value is -1.56. The minimum atomic E-state index is -0.868. The van der Waals surface area contributed by atoms with E-state index in [1.807, 2.05) is 13.2 Å². The molecule has 2 aromatic rings. The summed E-state index contributed by atoms with van der Waals surface area (Å²) in [6.07, 6.45) is 3.68. The fourth-order valence-corrected chi connectivity index (χ4v) is 2.57. The molecular weight excluding hydrogens is 325 g/mol. The van der Waals surface area contributed by atoms with Crippen LogP contribution in [-0.4, -0.2) is 27.3 Å². The lowest BCUT2D eigenvalue weighted by molar-refractivity contribution is -0.121. The number of nitrogens with one attached hydrogen (secondary N) is 1. The number of aliphatic hydroxyl groups excluding tert-OH is 1. The Kier molecular flexibility index (Phi) is 5.83. The van der Waals surface area contributed by atoms with Crippen LogP contribution in [0.25, 0.3) is 0 Å². The number of amides is 1. The standard InChI is InChI=1S/C15H17Cl2N3O2/c1-20-9-10(7-19-20)2-5-15(22)18-8-14(21)12-4-3-11(16)6-13(12)17/h3-4,6-7,9,14,21H,2,5,8H2,1H3,(H,18,22). The van der Waals surface area contributed by atoms with E-state index in [1.165, 1.54) is 0 Å². The number of carbonyl (C=O) groups is 1. The van der Waals surface area contributed by atoms with Gasteiger partial charge in [0.25, 0.3) is 0 Å². The maximum absolute atomic E-state index is 11.8. The molecule has 1 heterocycles. The Labute approximate surface area is 138 Å². The number of aliphatic hydroxyl groups is 1. The highest BCUT2D eigenvalue weighted by Gasteiger charge is 2.13. The van der Waals surface area contributed by atoms with Crippen molar-refractivity contribution in [3.63, 3.8) is 0 Å². The van der Waals surface area contributed by atoms with Crippen LogP contribution in [0.15, 0.2) is 30.6 Å². The topological polar surface area (TPSA) is 67.2 Å². The first-order chi connectivity index (χ1) is 10.5. The van der Waals surface area contributed by atoms with Gasteiger partial charge in [-0.05, 0) is 24.1 Å². The Bertz CT molecular complexity index is 658. The SMILES string of the molecule is Cn1cc(CCC(=O)NCC(O)c2ccc(Cl)cc2Cl)cn1. The predicted molar refractivity (Wildman–Crippen MR) is 86.0 cm³/mol. The predicted octanol–water partition coefficient (Wildman–Crippen LogP) is 2.51. The van der Waals surface area contributed by atoms with Gasteiger partial charge in [-0.25, -0.2) is 0 Å². The van der Waals surface area contributed by atoms with Gasteiger partial charge < -0.3 is 10.4 Å². The normalized spacial score (nSPS) is 12.2. The molecule has 5 nitrogen and oxygen atoms in total. The lowest BCUT2D eigenvalue weighted by Crippen LogP contribution is -2.28. The lowest BCUT2D eigenvalue weighted by atomic mass is 10.1. The minimum Gasteiger partial charge on any atom is -0.387 e. The number of aromatic nitrogens is 2. The second-order valence-electron chi connectivity index (χ2n) is 5.01. The van der Waals surface area contributed by atoms with E-state index in [4.69, 9.17) is 23.2 Å². The molecule has 1 aromatic carbocycles. The van der Waals surface area contributed by atoms with Crippen molar-refractivity contribution in [3.8, 4) is 0 Å². The van der Waals surface area contributed by atoms with E-state index < -0.39 is 6.10 Å². The number of nitrogens with zero attached hydrogens (tertiary/aromatic N) is 2. The quantitative estimate of drug-likeness (QED) is 0.848. The first kappa shape index (κ1) is 16.8. The number of hydrogen-bond donors (Lipinski definition) is 2. The van der Waals surface area contributed by atoms with E-state index in [0.717, 1.165) is 5.56 Å². The van der Waals surface area contributed by atoms with Gasteiger partial charge in [0.15, 0.2) is 0 Å². The van der Waals surface area contributed by atoms with Crippen molar-refractivity contribution in [2.45, 2.75) is 18.9 Å². The molecule has 1 amide bonds. The van der Waals surface area contributed by atoms with Crippen LogP contribution in [0.3, 0.4) is 0 Å². The number of hydrogen-bond acceptors (Lipinski definition) is 3. The van der Waals surface area contributed by atoms with Gasteiger partial charge in [-0.1, -0.05) is 29.3 Å². The maximum atomic E-state index is 11.8. The maximum Gasteiger partial charge on any atom is 0.220 e. The summed E-state index contributed by atoms with van der Waals surface area (Å²) in [5.74, 6) is -0.131. The average Bonchev–Trinajstić information content (AvgIpc) is 2.88. The average molecular weight is 342 g/mol. The van der Waals surface area contributed by atoms with E-state index in [2.05, 4.69) is 10.4 Å². The van der Waals surface area contributed by atoms with Crippen LogP contribution in [0.5, 0.6) is 0 Å². The summed E-state index contributed by atoms with van der Waals surface area (Å²) in [5, 5.41) is 17.7. The molecule has 2 N–H and O–H groups in total. The summed E-state index contributed by atoms with van der Waals surface area (Å²) in [7, 11) is 1.83. The van der Waals surface area contributed by atoms with Gasteiger partial charge in [-0.15, -0.1) is 0 Å². The zero-order valence-electron chi connectivity index (χ0n) is 12.1. The molecule has 7 heteroatoms. The van der Waals surface area contributed by atoms with Gasteiger partial charge in [-0.3, -0.25) is 9.48 Å². The van der Waals surface area contributed by atoms with Crippen molar-refractivity contribution in [1.82, 2.24) is 15.1 Å². The molecule has 2 rings (SSSR count). The van der Waals surface area contributed by atoms with E-state index in [-0.39, 0.29) is 12.5 Å². The number of benzene rings is 1. The Morgan fingerprint density at radius 1 is 1.45 bits per heavy atom. The van der Waals surface area contributed by atoms with Crippen molar-refractivity contribution in [2.24, 2.45) is 7.05 Å². The van der Waals surface area contributed by atoms with Gasteiger partial charge in [0.1, 0.15) is 0 Å². The Morgan fingerprint density at radius 3 is 2.86 bits per heavy atom. The molecule has 22 heavy (non-hydrogen) atoms. The zero-order valence-corrected chi connectivity index (χ0v) is 13.6. The number of aryl methyl sites for hydroxylation is 2. The third kappa shape index (κ3) is 4.73. The summed E-state index contributed by atoms with van der Waals surface area (Å²) in [5.41, 5.74) is 1.54. The number of halogens is 2. The first-order valence-electron chi connectivity index (χ1n) is 6.83. The van der Waals surface area contributed by atoms with E-state index >= 15 is 0 Å². The summed E-state index contributed by atoms with van der Waals surface area (Å²) >= 11 is 11.8. The Balaban J connectivity index is 1.80. The molecular formula is C15H17Cl2N3O2. The fourth-order valence-electron chi connectivity index (χ4n) is 2.04. The van der Waals surface area contributed by atoms with Gasteiger partial charge in [0.2, 0.25) is 5.91 Å². The summed E-state index contributed by atoms with van der Waals surface area (Å²) in [6.45, 7) is 0.104. The van der Waals surface area contributed by atoms with Crippen LogP contribution in [0, 0.1) is 0 Å². The van der Waals surface area contributed by atoms with E-state index in [9.17, 15) is 9.90 Å². The van der Waals surface area contributed by atoms with E-state index in [0.29, 0.717) is 28.5 Å². The molecule has 0 spiro atoms. The molecule has 0 bridgehead atoms. The molecule has 0 radical (unpaired) electrons. The molecule has 1 unspecified atom stereocenters. The monoisotopic (exact) mass is 341 g/mol. The van der Waals surface area contributed by atoms with Crippen LogP contribution in [0.2, 0.25) is 10.0 Å². The lowest BCUT2D eigenvalue weighted by Gasteiger charge is -2.14. The summed E-state index contributed by atoms with van der Waals surface area (Å²) in [6, 6.07) is 4.86. The molecule has 0 aliphatic rings. The first-order valence-corrected chi connectivity index (χ1v) is 7.58. The van der Waals surface area contributed by atoms with Crippen LogP contribution in [0.4, 0.5) is 0 Å². The number of carbonyl (C=O) groups excluding carboxylic acids is 1. The Morgan fingerprint density at radius 2 is 2.23 bits per heavy atom. The van der Waals surface area contributed by atoms with Crippen molar-refractivity contribution < 1.29 is 9.90 Å². The zero-order chi connectivity index (χ0) is 16.1. The van der Waals surface area contributed by atoms with Crippen molar-refractivity contribution in [2.75, 3.05) is 6.54 Å². The molecule has 0 aliphatic carbocycles. The van der Waals surface area contributed by atoms with Crippen LogP contribution >= 0.6 is 23.2 Å². The van der Waals surface area contributed by atoms with E-state index in [1.54, 1.807) is 29.1 Å². The van der Waals surface area contributed by atoms with Crippen molar-refractivity contribution >= 4 is 29.1 Å². The molecule has 118 valence electrons. The fraction of sp³-hybridized carbons (Fsp3) is 0.333. The van der Waals surface area contributed by atoms with Gasteiger partial charge in [0, 0.05) is 41.8 Å². The minimum absolute atomic E-state index is 0.104. The van der Waals surface area contributed by atoms with Crippen LogP contribution in [0.1, 0.15) is 23.7 Å². The largest absolute Gasteiger partial charge is 0.387 e. The van der Waals surface area contributed by atoms with Gasteiger partial charge >= 0.3 is 0 Å². The highest BCUT2D eigenvalue weighted by molar-refractivity contribution is 6.35. The summed E-state index contributed by atoms with van der Waals surface area (Å²) < 4.78 is 1.69. The van der Waals surface area contributed by atoms with Crippen LogP contribution in [-0.2, 0) is 18.3 Å². The summed E-state index contributed by atoms with van der Waals surface area (Å²) in [4.78, 5) is 11.8. The highest BCUT2D eigenvalue weighted by Crippen LogP contribution is 2.25. The molecule has 0 fully saturated rings. The van der Waals surface area contributed by atoms with Crippen molar-refractivity contribution in [3.05, 3.63) is 51.8 Å².